The molecule has 154 valence electrons. The Morgan fingerprint density at radius 2 is 1.57 bits per heavy atom. The smallest absolute Gasteiger partial charge is 0.407 e. The summed E-state index contributed by atoms with van der Waals surface area (Å²) in [6, 6.07) is 6.45. The number of amides is 1. The zero-order chi connectivity index (χ0) is 20.9. The van der Waals surface area contributed by atoms with E-state index in [9.17, 15) is 19.2 Å². The van der Waals surface area contributed by atoms with Gasteiger partial charge in [0, 0.05) is 6.54 Å². The van der Waals surface area contributed by atoms with E-state index in [2.05, 4.69) is 10.6 Å². The molecule has 2 atom stereocenters. The molecule has 1 rings (SSSR count). The topological polar surface area (TPSA) is 162 Å². The predicted molar refractivity (Wildman–Crippen MR) is 96.7 cm³/mol. The molecule has 0 saturated carbocycles. The van der Waals surface area contributed by atoms with Gasteiger partial charge in [-0.15, -0.1) is 0 Å². The third kappa shape index (κ3) is 9.53. The van der Waals surface area contributed by atoms with Gasteiger partial charge in [0.1, 0.15) is 18.7 Å². The molecule has 0 heterocycles. The largest absolute Gasteiger partial charge is 0.481 e. The van der Waals surface area contributed by atoms with Crippen molar-refractivity contribution in [1.82, 2.24) is 10.6 Å². The first-order valence-corrected chi connectivity index (χ1v) is 8.67. The van der Waals surface area contributed by atoms with E-state index < -0.39 is 42.5 Å². The minimum absolute atomic E-state index is 0.0828. The third-order valence-corrected chi connectivity index (χ3v) is 3.78. The van der Waals surface area contributed by atoms with Crippen LogP contribution < -0.4 is 10.6 Å². The van der Waals surface area contributed by atoms with E-state index in [1.807, 2.05) is 30.3 Å². The minimum atomic E-state index is -1.50. The zero-order valence-electron chi connectivity index (χ0n) is 15.2. The van der Waals surface area contributed by atoms with Crippen molar-refractivity contribution in [2.75, 3.05) is 6.54 Å². The molecule has 1 aromatic rings. The van der Waals surface area contributed by atoms with Crippen molar-refractivity contribution >= 4 is 24.0 Å². The molecule has 0 aliphatic rings. The van der Waals surface area contributed by atoms with E-state index in [1.54, 1.807) is 0 Å². The van der Waals surface area contributed by atoms with Crippen LogP contribution in [-0.4, -0.2) is 57.9 Å². The van der Waals surface area contributed by atoms with E-state index in [-0.39, 0.29) is 19.6 Å². The van der Waals surface area contributed by atoms with E-state index in [1.165, 1.54) is 0 Å². The minimum Gasteiger partial charge on any atom is -0.481 e. The van der Waals surface area contributed by atoms with E-state index in [0.717, 1.165) is 5.56 Å². The van der Waals surface area contributed by atoms with Crippen LogP contribution in [0.15, 0.2) is 30.3 Å². The van der Waals surface area contributed by atoms with E-state index in [4.69, 9.17) is 20.1 Å². The van der Waals surface area contributed by atoms with Crippen LogP contribution in [-0.2, 0) is 25.7 Å². The van der Waals surface area contributed by atoms with Crippen molar-refractivity contribution < 1.29 is 39.2 Å². The van der Waals surface area contributed by atoms with Crippen molar-refractivity contribution in [3.63, 3.8) is 0 Å². The van der Waals surface area contributed by atoms with E-state index in [0.29, 0.717) is 12.8 Å². The molecule has 0 spiro atoms. The molecule has 0 aliphatic carbocycles. The average molecular weight is 396 g/mol. The number of carbonyl (C=O) groups excluding carboxylic acids is 1. The molecule has 1 aromatic carbocycles. The highest BCUT2D eigenvalue weighted by Crippen LogP contribution is 2.05. The summed E-state index contributed by atoms with van der Waals surface area (Å²) in [5, 5.41) is 31.7. The molecule has 1 amide bonds. The monoisotopic (exact) mass is 396 g/mol. The number of nitrogens with one attached hydrogen (secondary N) is 2. The number of alkyl carbamates (subject to hydrolysis) is 1. The van der Waals surface area contributed by atoms with Crippen LogP contribution in [0.2, 0.25) is 0 Å². The normalized spacial score (nSPS) is 12.6. The summed E-state index contributed by atoms with van der Waals surface area (Å²) < 4.78 is 5.03. The van der Waals surface area contributed by atoms with Gasteiger partial charge >= 0.3 is 24.0 Å². The summed E-state index contributed by atoms with van der Waals surface area (Å²) in [5.41, 5.74) is 0.849. The Morgan fingerprint density at radius 3 is 2.14 bits per heavy atom. The predicted octanol–water partition coefficient (Wildman–Crippen LogP) is 1.05. The number of carbonyl (C=O) groups is 4. The number of benzene rings is 1. The van der Waals surface area contributed by atoms with Gasteiger partial charge < -0.3 is 25.4 Å². The molecule has 10 nitrogen and oxygen atoms in total. The molecular formula is C18H24N2O8. The molecule has 1 unspecified atom stereocenters. The maximum atomic E-state index is 11.6. The Balaban J connectivity index is 2.28. The first-order chi connectivity index (χ1) is 13.3. The molecule has 28 heavy (non-hydrogen) atoms. The number of ether oxygens (including phenoxy) is 1. The van der Waals surface area contributed by atoms with Crippen LogP contribution in [0.3, 0.4) is 0 Å². The first-order valence-electron chi connectivity index (χ1n) is 8.67. The summed E-state index contributed by atoms with van der Waals surface area (Å²) in [5.74, 6) is -4.05. The second-order valence-corrected chi connectivity index (χ2v) is 6.03. The van der Waals surface area contributed by atoms with Crippen LogP contribution >= 0.6 is 0 Å². The van der Waals surface area contributed by atoms with Crippen molar-refractivity contribution in [3.05, 3.63) is 35.9 Å². The van der Waals surface area contributed by atoms with Crippen LogP contribution in [0, 0.1) is 0 Å². The molecule has 0 saturated heterocycles. The Labute approximate surface area is 161 Å². The first kappa shape index (κ1) is 22.9. The third-order valence-electron chi connectivity index (χ3n) is 3.78. The number of rotatable bonds is 13. The van der Waals surface area contributed by atoms with Crippen molar-refractivity contribution in [3.8, 4) is 0 Å². The van der Waals surface area contributed by atoms with Gasteiger partial charge in [-0.05, 0) is 24.8 Å². The second-order valence-electron chi connectivity index (χ2n) is 6.03. The highest BCUT2D eigenvalue weighted by atomic mass is 16.5. The van der Waals surface area contributed by atoms with Gasteiger partial charge in [0.15, 0.2) is 0 Å². The number of unbranched alkanes of at least 4 members (excludes halogenated alkanes) is 1. The lowest BCUT2D eigenvalue weighted by Crippen LogP contribution is -2.48. The molecular weight excluding hydrogens is 372 g/mol. The summed E-state index contributed by atoms with van der Waals surface area (Å²) >= 11 is 0. The molecule has 10 heteroatoms. The summed E-state index contributed by atoms with van der Waals surface area (Å²) in [6.45, 7) is 0.398. The van der Waals surface area contributed by atoms with Gasteiger partial charge in [0.2, 0.25) is 0 Å². The maximum Gasteiger partial charge on any atom is 0.407 e. The number of hydrogen-bond acceptors (Lipinski definition) is 6. The van der Waals surface area contributed by atoms with Crippen LogP contribution in [0.4, 0.5) is 4.79 Å². The summed E-state index contributed by atoms with van der Waals surface area (Å²) in [4.78, 5) is 44.5. The quantitative estimate of drug-likeness (QED) is 0.307. The fraction of sp³-hybridized carbons (Fsp3) is 0.444. The van der Waals surface area contributed by atoms with Gasteiger partial charge in [-0.2, -0.15) is 0 Å². The van der Waals surface area contributed by atoms with E-state index >= 15 is 0 Å². The maximum absolute atomic E-state index is 11.6. The number of carboxylic acid groups (broad SMARTS) is 3. The van der Waals surface area contributed by atoms with Gasteiger partial charge in [-0.25, -0.2) is 4.79 Å². The lowest BCUT2D eigenvalue weighted by Gasteiger charge is -2.19. The molecule has 5 N–H and O–H groups in total. The average Bonchev–Trinajstić information content (AvgIpc) is 2.64. The lowest BCUT2D eigenvalue weighted by atomic mass is 10.1. The molecule has 0 radical (unpaired) electrons. The fourth-order valence-electron chi connectivity index (χ4n) is 2.35. The molecule has 0 bridgehead atoms. The fourth-order valence-corrected chi connectivity index (χ4v) is 2.35. The molecule has 0 fully saturated rings. The Morgan fingerprint density at radius 1 is 0.929 bits per heavy atom. The lowest BCUT2D eigenvalue weighted by molar-refractivity contribution is -0.147. The highest BCUT2D eigenvalue weighted by molar-refractivity contribution is 5.82. The Bertz CT molecular complexity index is 665. The van der Waals surface area contributed by atoms with Crippen LogP contribution in [0.1, 0.15) is 31.2 Å². The van der Waals surface area contributed by atoms with Gasteiger partial charge in [-0.3, -0.25) is 19.7 Å². The summed E-state index contributed by atoms with van der Waals surface area (Å²) in [7, 11) is 0. The van der Waals surface area contributed by atoms with Crippen LogP contribution in [0.25, 0.3) is 0 Å². The van der Waals surface area contributed by atoms with Crippen molar-refractivity contribution in [2.24, 2.45) is 0 Å². The second kappa shape index (κ2) is 12.3. The standard InChI is InChI=1S/C18H24N2O8/c21-15(22)10-14(17(25)26)20-13(16(23)24)8-4-5-9-19-18(27)28-11-12-6-2-1-3-7-12/h1-3,6-7,13-14,20H,4-5,8-11H2,(H,19,27)(H,21,22)(H,23,24)(H,25,26)/t13-,14?/m0/s1. The Kier molecular flexibility index (Phi) is 10.0. The zero-order valence-corrected chi connectivity index (χ0v) is 15.2. The van der Waals surface area contributed by atoms with Gasteiger partial charge in [-0.1, -0.05) is 30.3 Å². The molecule has 0 aromatic heterocycles. The SMILES string of the molecule is O=C(O)CC(N[C@@H](CCCCNC(=O)OCc1ccccc1)C(=O)O)C(=O)O. The number of aliphatic carboxylic acids is 3. The van der Waals surface area contributed by atoms with Crippen molar-refractivity contribution in [2.45, 2.75) is 44.4 Å². The van der Waals surface area contributed by atoms with Crippen molar-refractivity contribution in [1.29, 1.82) is 0 Å². The van der Waals surface area contributed by atoms with Gasteiger partial charge in [0.25, 0.3) is 0 Å². The summed E-state index contributed by atoms with van der Waals surface area (Å²) in [6.07, 6.45) is -0.414. The number of carboxylic acids is 3. The van der Waals surface area contributed by atoms with Crippen LogP contribution in [0.5, 0.6) is 0 Å². The highest BCUT2D eigenvalue weighted by Gasteiger charge is 2.27. The van der Waals surface area contributed by atoms with Gasteiger partial charge in [0.05, 0.1) is 6.42 Å². The molecule has 0 aliphatic heterocycles. The Hall–Kier alpha value is -3.14. The number of hydrogen-bond donors (Lipinski definition) is 5.